The molecule has 0 spiro atoms. The summed E-state index contributed by atoms with van der Waals surface area (Å²) in [5, 5.41) is 3.81. The Labute approximate surface area is 108 Å². The van der Waals surface area contributed by atoms with E-state index in [0.29, 0.717) is 6.04 Å². The summed E-state index contributed by atoms with van der Waals surface area (Å²) in [7, 11) is 0. The average molecular weight is 240 g/mol. The number of rotatable bonds is 8. The standard InChI is InChI=1S/C15H32N2/c1-4-6-7-8-14(3)16-15-9-12-17(11-5-2)13-10-15/h14-16H,4-13H2,1-3H3. The van der Waals surface area contributed by atoms with E-state index in [1.165, 1.54) is 64.6 Å². The Morgan fingerprint density at radius 2 is 1.82 bits per heavy atom. The second-order valence-electron chi connectivity index (χ2n) is 5.68. The first-order chi connectivity index (χ1) is 8.26. The summed E-state index contributed by atoms with van der Waals surface area (Å²) in [6, 6.07) is 1.49. The Kier molecular flexibility index (Phi) is 7.87. The van der Waals surface area contributed by atoms with E-state index in [0.717, 1.165) is 6.04 Å². The van der Waals surface area contributed by atoms with Gasteiger partial charge in [-0.1, -0.05) is 33.1 Å². The summed E-state index contributed by atoms with van der Waals surface area (Å²) in [5.74, 6) is 0. The molecule has 0 aromatic heterocycles. The van der Waals surface area contributed by atoms with Gasteiger partial charge in [-0.05, 0) is 52.2 Å². The van der Waals surface area contributed by atoms with Crippen LogP contribution in [-0.4, -0.2) is 36.6 Å². The maximum absolute atomic E-state index is 3.81. The van der Waals surface area contributed by atoms with Gasteiger partial charge < -0.3 is 10.2 Å². The van der Waals surface area contributed by atoms with E-state index in [2.05, 4.69) is 31.0 Å². The molecule has 1 aliphatic rings. The minimum absolute atomic E-state index is 0.712. The molecule has 0 bridgehead atoms. The molecule has 1 unspecified atom stereocenters. The maximum atomic E-state index is 3.81. The van der Waals surface area contributed by atoms with E-state index < -0.39 is 0 Å². The molecule has 1 atom stereocenters. The topological polar surface area (TPSA) is 15.3 Å². The smallest absolute Gasteiger partial charge is 0.00938 e. The normalized spacial score (nSPS) is 20.6. The van der Waals surface area contributed by atoms with Crippen LogP contribution in [-0.2, 0) is 0 Å². The zero-order valence-electron chi connectivity index (χ0n) is 12.2. The molecule has 0 saturated carbocycles. The van der Waals surface area contributed by atoms with Gasteiger partial charge in [0.25, 0.3) is 0 Å². The van der Waals surface area contributed by atoms with E-state index in [1.807, 2.05) is 0 Å². The van der Waals surface area contributed by atoms with Crippen LogP contribution in [0.4, 0.5) is 0 Å². The van der Waals surface area contributed by atoms with Crippen LogP contribution in [0.15, 0.2) is 0 Å². The Morgan fingerprint density at radius 3 is 2.41 bits per heavy atom. The molecule has 1 heterocycles. The maximum Gasteiger partial charge on any atom is 0.00938 e. The third kappa shape index (κ3) is 6.42. The lowest BCUT2D eigenvalue weighted by atomic mass is 10.0. The van der Waals surface area contributed by atoms with Gasteiger partial charge in [-0.2, -0.15) is 0 Å². The van der Waals surface area contributed by atoms with Crippen molar-refractivity contribution < 1.29 is 0 Å². The van der Waals surface area contributed by atoms with Crippen molar-refractivity contribution in [3.63, 3.8) is 0 Å². The number of hydrogen-bond donors (Lipinski definition) is 1. The quantitative estimate of drug-likeness (QED) is 0.654. The first-order valence-corrected chi connectivity index (χ1v) is 7.74. The molecule has 0 amide bonds. The van der Waals surface area contributed by atoms with E-state index >= 15 is 0 Å². The van der Waals surface area contributed by atoms with Crippen LogP contribution < -0.4 is 5.32 Å². The Bertz CT molecular complexity index is 174. The molecule has 2 nitrogen and oxygen atoms in total. The van der Waals surface area contributed by atoms with Crippen LogP contribution >= 0.6 is 0 Å². The fourth-order valence-corrected chi connectivity index (χ4v) is 2.83. The van der Waals surface area contributed by atoms with Gasteiger partial charge in [0.15, 0.2) is 0 Å². The summed E-state index contributed by atoms with van der Waals surface area (Å²) in [5.41, 5.74) is 0. The molecule has 1 aliphatic heterocycles. The van der Waals surface area contributed by atoms with Crippen LogP contribution in [0.5, 0.6) is 0 Å². The molecule has 0 aromatic rings. The molecular weight excluding hydrogens is 208 g/mol. The minimum Gasteiger partial charge on any atom is -0.311 e. The van der Waals surface area contributed by atoms with Crippen molar-refractivity contribution in [3.8, 4) is 0 Å². The molecule has 0 aromatic carbocycles. The largest absolute Gasteiger partial charge is 0.311 e. The number of likely N-dealkylation sites (tertiary alicyclic amines) is 1. The number of piperidine rings is 1. The number of unbranched alkanes of at least 4 members (excludes halogenated alkanes) is 2. The first-order valence-electron chi connectivity index (χ1n) is 7.74. The Balaban J connectivity index is 2.08. The van der Waals surface area contributed by atoms with E-state index in [-0.39, 0.29) is 0 Å². The van der Waals surface area contributed by atoms with Crippen LogP contribution in [0.1, 0.15) is 65.7 Å². The molecule has 2 heteroatoms. The molecule has 1 N–H and O–H groups in total. The summed E-state index contributed by atoms with van der Waals surface area (Å²) in [4.78, 5) is 2.61. The summed E-state index contributed by atoms with van der Waals surface area (Å²) in [6.07, 6.45) is 9.45. The van der Waals surface area contributed by atoms with Crippen molar-refractivity contribution in [1.29, 1.82) is 0 Å². The lowest BCUT2D eigenvalue weighted by Crippen LogP contribution is -2.45. The van der Waals surface area contributed by atoms with Crippen molar-refractivity contribution in [1.82, 2.24) is 10.2 Å². The predicted octanol–water partition coefficient (Wildman–Crippen LogP) is 3.42. The highest BCUT2D eigenvalue weighted by Crippen LogP contribution is 2.12. The van der Waals surface area contributed by atoms with Crippen LogP contribution in [0.3, 0.4) is 0 Å². The minimum atomic E-state index is 0.712. The zero-order valence-corrected chi connectivity index (χ0v) is 12.2. The lowest BCUT2D eigenvalue weighted by Gasteiger charge is -2.33. The molecule has 1 fully saturated rings. The van der Waals surface area contributed by atoms with E-state index in [9.17, 15) is 0 Å². The molecule has 1 rings (SSSR count). The second kappa shape index (κ2) is 8.93. The van der Waals surface area contributed by atoms with Crippen LogP contribution in [0, 0.1) is 0 Å². The number of hydrogen-bond acceptors (Lipinski definition) is 2. The fourth-order valence-electron chi connectivity index (χ4n) is 2.83. The van der Waals surface area contributed by atoms with Crippen molar-refractivity contribution in [2.24, 2.45) is 0 Å². The van der Waals surface area contributed by atoms with Gasteiger partial charge in [0.1, 0.15) is 0 Å². The average Bonchev–Trinajstić information content (AvgIpc) is 2.32. The van der Waals surface area contributed by atoms with Crippen molar-refractivity contribution >= 4 is 0 Å². The molecule has 102 valence electrons. The Morgan fingerprint density at radius 1 is 1.12 bits per heavy atom. The highest BCUT2D eigenvalue weighted by atomic mass is 15.1. The van der Waals surface area contributed by atoms with Gasteiger partial charge in [-0.15, -0.1) is 0 Å². The third-order valence-corrected chi connectivity index (χ3v) is 3.89. The van der Waals surface area contributed by atoms with Crippen LogP contribution in [0.2, 0.25) is 0 Å². The predicted molar refractivity (Wildman–Crippen MR) is 76.5 cm³/mol. The first kappa shape index (κ1) is 15.0. The number of nitrogens with one attached hydrogen (secondary N) is 1. The van der Waals surface area contributed by atoms with E-state index in [4.69, 9.17) is 0 Å². The highest BCUT2D eigenvalue weighted by Gasteiger charge is 2.19. The van der Waals surface area contributed by atoms with Crippen molar-refractivity contribution in [2.75, 3.05) is 19.6 Å². The van der Waals surface area contributed by atoms with Gasteiger partial charge >= 0.3 is 0 Å². The summed E-state index contributed by atoms with van der Waals surface area (Å²) in [6.45, 7) is 10.8. The van der Waals surface area contributed by atoms with E-state index in [1.54, 1.807) is 0 Å². The van der Waals surface area contributed by atoms with Gasteiger partial charge in [0.2, 0.25) is 0 Å². The molecule has 0 aliphatic carbocycles. The van der Waals surface area contributed by atoms with Crippen LogP contribution in [0.25, 0.3) is 0 Å². The van der Waals surface area contributed by atoms with Gasteiger partial charge in [0.05, 0.1) is 0 Å². The van der Waals surface area contributed by atoms with Gasteiger partial charge in [-0.25, -0.2) is 0 Å². The second-order valence-corrected chi connectivity index (χ2v) is 5.68. The summed E-state index contributed by atoms with van der Waals surface area (Å²) >= 11 is 0. The zero-order chi connectivity index (χ0) is 12.5. The fraction of sp³-hybridized carbons (Fsp3) is 1.00. The summed E-state index contributed by atoms with van der Waals surface area (Å²) < 4.78 is 0. The van der Waals surface area contributed by atoms with Gasteiger partial charge in [0, 0.05) is 12.1 Å². The van der Waals surface area contributed by atoms with Crippen molar-refractivity contribution in [3.05, 3.63) is 0 Å². The molecule has 1 saturated heterocycles. The molecular formula is C15H32N2. The molecule has 17 heavy (non-hydrogen) atoms. The third-order valence-electron chi connectivity index (χ3n) is 3.89. The Hall–Kier alpha value is -0.0800. The number of nitrogens with zero attached hydrogens (tertiary/aromatic N) is 1. The monoisotopic (exact) mass is 240 g/mol. The van der Waals surface area contributed by atoms with Gasteiger partial charge in [-0.3, -0.25) is 0 Å². The van der Waals surface area contributed by atoms with Crippen molar-refractivity contribution in [2.45, 2.75) is 77.8 Å². The SMILES string of the molecule is CCCCCC(C)NC1CCN(CCC)CC1. The lowest BCUT2D eigenvalue weighted by molar-refractivity contribution is 0.191. The highest BCUT2D eigenvalue weighted by molar-refractivity contribution is 4.79. The molecule has 0 radical (unpaired) electrons.